The lowest BCUT2D eigenvalue weighted by Crippen LogP contribution is -2.10. The summed E-state index contributed by atoms with van der Waals surface area (Å²) in [6, 6.07) is 5.40. The maximum absolute atomic E-state index is 11.3. The minimum Gasteiger partial charge on any atom is -0.493 e. The molecule has 0 unspecified atom stereocenters. The van der Waals surface area contributed by atoms with Gasteiger partial charge in [-0.15, -0.1) is 0 Å². The molecule has 0 bridgehead atoms. The van der Waals surface area contributed by atoms with Crippen LogP contribution < -0.4 is 20.5 Å². The highest BCUT2D eigenvalue weighted by Gasteiger charge is 2.04. The SMILES string of the molecule is COc1ccc(C=NNc2cn[nH]c(=O)c2Br)cc1OC. The zero-order valence-corrected chi connectivity index (χ0v) is 13.0. The van der Waals surface area contributed by atoms with E-state index in [1.54, 1.807) is 32.6 Å². The summed E-state index contributed by atoms with van der Waals surface area (Å²) in [7, 11) is 3.14. The van der Waals surface area contributed by atoms with Gasteiger partial charge in [-0.3, -0.25) is 10.2 Å². The number of rotatable bonds is 5. The molecule has 0 saturated carbocycles. The van der Waals surface area contributed by atoms with E-state index in [0.717, 1.165) is 5.56 Å². The van der Waals surface area contributed by atoms with Crippen molar-refractivity contribution in [2.75, 3.05) is 19.6 Å². The zero-order chi connectivity index (χ0) is 15.2. The molecular formula is C13H13BrN4O3. The highest BCUT2D eigenvalue weighted by Crippen LogP contribution is 2.26. The number of aromatic nitrogens is 2. The molecule has 8 heteroatoms. The van der Waals surface area contributed by atoms with Crippen LogP contribution in [0.5, 0.6) is 11.5 Å². The number of hydrogen-bond acceptors (Lipinski definition) is 6. The Kier molecular flexibility index (Phi) is 4.94. The van der Waals surface area contributed by atoms with Gasteiger partial charge in [-0.1, -0.05) is 0 Å². The predicted molar refractivity (Wildman–Crippen MR) is 83.3 cm³/mol. The summed E-state index contributed by atoms with van der Waals surface area (Å²) in [6.07, 6.45) is 3.05. The third-order valence-electron chi connectivity index (χ3n) is 2.60. The summed E-state index contributed by atoms with van der Waals surface area (Å²) in [5.41, 5.74) is 3.69. The average Bonchev–Trinajstić information content (AvgIpc) is 2.51. The Morgan fingerprint density at radius 3 is 2.81 bits per heavy atom. The first-order valence-electron chi connectivity index (χ1n) is 5.90. The van der Waals surface area contributed by atoms with Gasteiger partial charge in [0.2, 0.25) is 0 Å². The van der Waals surface area contributed by atoms with E-state index in [2.05, 4.69) is 36.7 Å². The predicted octanol–water partition coefficient (Wildman–Crippen LogP) is 2.00. The van der Waals surface area contributed by atoms with Gasteiger partial charge in [0, 0.05) is 0 Å². The topological polar surface area (TPSA) is 88.6 Å². The number of methoxy groups -OCH3 is 2. The molecule has 0 radical (unpaired) electrons. The summed E-state index contributed by atoms with van der Waals surface area (Å²) < 4.78 is 10.7. The summed E-state index contributed by atoms with van der Waals surface area (Å²) in [4.78, 5) is 11.3. The van der Waals surface area contributed by atoms with E-state index in [0.29, 0.717) is 21.7 Å². The summed E-state index contributed by atoms with van der Waals surface area (Å²) in [6.45, 7) is 0. The summed E-state index contributed by atoms with van der Waals surface area (Å²) >= 11 is 3.15. The van der Waals surface area contributed by atoms with Gasteiger partial charge in [0.05, 0.1) is 32.3 Å². The highest BCUT2D eigenvalue weighted by atomic mass is 79.9. The third-order valence-corrected chi connectivity index (χ3v) is 3.39. The smallest absolute Gasteiger partial charge is 0.280 e. The number of ether oxygens (including phenoxy) is 2. The molecule has 1 aromatic heterocycles. The van der Waals surface area contributed by atoms with Crippen LogP contribution in [0.3, 0.4) is 0 Å². The van der Waals surface area contributed by atoms with Gasteiger partial charge in [-0.05, 0) is 39.7 Å². The van der Waals surface area contributed by atoms with Crippen LogP contribution in [0.25, 0.3) is 0 Å². The molecule has 0 saturated heterocycles. The maximum Gasteiger partial charge on any atom is 0.280 e. The standard InChI is InChI=1S/C13H13BrN4O3/c1-20-10-4-3-8(5-11(10)21-2)6-15-17-9-7-16-18-13(19)12(9)14/h3-7H,1-2H3,(H2,17,18,19). The molecule has 0 aliphatic heterocycles. The van der Waals surface area contributed by atoms with Crippen molar-refractivity contribution in [1.29, 1.82) is 0 Å². The van der Waals surface area contributed by atoms with Crippen LogP contribution in [-0.2, 0) is 0 Å². The van der Waals surface area contributed by atoms with Crippen molar-refractivity contribution >= 4 is 27.8 Å². The van der Waals surface area contributed by atoms with Crippen molar-refractivity contribution in [2.45, 2.75) is 0 Å². The van der Waals surface area contributed by atoms with Crippen LogP contribution in [0.15, 0.2) is 38.8 Å². The monoisotopic (exact) mass is 352 g/mol. The number of hydrazone groups is 1. The third kappa shape index (κ3) is 3.60. The molecule has 0 aliphatic carbocycles. The van der Waals surface area contributed by atoms with E-state index >= 15 is 0 Å². The zero-order valence-electron chi connectivity index (χ0n) is 11.4. The number of benzene rings is 1. The fraction of sp³-hybridized carbons (Fsp3) is 0.154. The Balaban J connectivity index is 2.14. The first-order chi connectivity index (χ1) is 10.2. The fourth-order valence-corrected chi connectivity index (χ4v) is 1.85. The Morgan fingerprint density at radius 2 is 2.10 bits per heavy atom. The minimum atomic E-state index is -0.332. The molecule has 2 aromatic rings. The number of nitrogens with zero attached hydrogens (tertiary/aromatic N) is 2. The maximum atomic E-state index is 11.3. The fourth-order valence-electron chi connectivity index (χ4n) is 1.57. The van der Waals surface area contributed by atoms with E-state index < -0.39 is 0 Å². The molecule has 110 valence electrons. The first kappa shape index (κ1) is 15.0. The van der Waals surface area contributed by atoms with Gasteiger partial charge >= 0.3 is 0 Å². The van der Waals surface area contributed by atoms with Crippen molar-refractivity contribution in [3.8, 4) is 11.5 Å². The van der Waals surface area contributed by atoms with Gasteiger partial charge in [-0.25, -0.2) is 5.10 Å². The van der Waals surface area contributed by atoms with Crippen LogP contribution in [0.4, 0.5) is 5.69 Å². The Labute approximate surface area is 129 Å². The van der Waals surface area contributed by atoms with E-state index in [1.165, 1.54) is 6.20 Å². The van der Waals surface area contributed by atoms with Gasteiger partial charge in [0.25, 0.3) is 5.56 Å². The number of nitrogens with one attached hydrogen (secondary N) is 2. The second kappa shape index (κ2) is 6.89. The van der Waals surface area contributed by atoms with E-state index in [4.69, 9.17) is 9.47 Å². The van der Waals surface area contributed by atoms with Crippen LogP contribution in [0.1, 0.15) is 5.56 Å². The molecule has 0 amide bonds. The van der Waals surface area contributed by atoms with Gasteiger partial charge in [-0.2, -0.15) is 10.2 Å². The molecule has 0 fully saturated rings. The van der Waals surface area contributed by atoms with Crippen molar-refractivity contribution < 1.29 is 9.47 Å². The Bertz CT molecular complexity index is 715. The lowest BCUT2D eigenvalue weighted by Gasteiger charge is -2.07. The number of aromatic amines is 1. The Morgan fingerprint density at radius 1 is 1.33 bits per heavy atom. The van der Waals surface area contributed by atoms with Crippen molar-refractivity contribution in [3.05, 3.63) is 44.8 Å². The molecule has 2 rings (SSSR count). The molecular weight excluding hydrogens is 340 g/mol. The van der Waals surface area contributed by atoms with Crippen LogP contribution >= 0.6 is 15.9 Å². The van der Waals surface area contributed by atoms with Gasteiger partial charge in [0.1, 0.15) is 4.47 Å². The van der Waals surface area contributed by atoms with Gasteiger partial charge in [0.15, 0.2) is 11.5 Å². The van der Waals surface area contributed by atoms with Crippen LogP contribution in [0, 0.1) is 0 Å². The van der Waals surface area contributed by atoms with Gasteiger partial charge < -0.3 is 9.47 Å². The number of H-pyrrole nitrogens is 1. The summed E-state index contributed by atoms with van der Waals surface area (Å²) in [5.74, 6) is 1.25. The molecule has 0 atom stereocenters. The second-order valence-electron chi connectivity index (χ2n) is 3.91. The average molecular weight is 353 g/mol. The largest absolute Gasteiger partial charge is 0.493 e. The quantitative estimate of drug-likeness (QED) is 0.634. The van der Waals surface area contributed by atoms with Crippen LogP contribution in [0.2, 0.25) is 0 Å². The first-order valence-corrected chi connectivity index (χ1v) is 6.69. The molecule has 2 N–H and O–H groups in total. The molecule has 0 aliphatic rings. The molecule has 1 heterocycles. The van der Waals surface area contributed by atoms with E-state index in [9.17, 15) is 4.79 Å². The van der Waals surface area contributed by atoms with Crippen molar-refractivity contribution in [2.24, 2.45) is 5.10 Å². The summed E-state index contributed by atoms with van der Waals surface area (Å²) in [5, 5.41) is 10.0. The Hall–Kier alpha value is -2.35. The number of anilines is 1. The van der Waals surface area contributed by atoms with Crippen LogP contribution in [-0.4, -0.2) is 30.6 Å². The highest BCUT2D eigenvalue weighted by molar-refractivity contribution is 9.10. The van der Waals surface area contributed by atoms with E-state index in [-0.39, 0.29) is 5.56 Å². The molecule has 21 heavy (non-hydrogen) atoms. The lowest BCUT2D eigenvalue weighted by atomic mass is 10.2. The minimum absolute atomic E-state index is 0.332. The number of hydrogen-bond donors (Lipinski definition) is 2. The molecule has 0 spiro atoms. The molecule has 1 aromatic carbocycles. The normalized spacial score (nSPS) is 10.6. The molecule has 7 nitrogen and oxygen atoms in total. The van der Waals surface area contributed by atoms with E-state index in [1.807, 2.05) is 6.07 Å². The number of halogens is 1. The van der Waals surface area contributed by atoms with Crippen molar-refractivity contribution in [1.82, 2.24) is 10.2 Å². The lowest BCUT2D eigenvalue weighted by molar-refractivity contribution is 0.355. The van der Waals surface area contributed by atoms with Crippen molar-refractivity contribution in [3.63, 3.8) is 0 Å². The second-order valence-corrected chi connectivity index (χ2v) is 4.70.